The van der Waals surface area contributed by atoms with Crippen LogP contribution in [0.15, 0.2) is 48.5 Å². The first-order chi connectivity index (χ1) is 14.0. The van der Waals surface area contributed by atoms with E-state index in [0.29, 0.717) is 5.82 Å². The van der Waals surface area contributed by atoms with Crippen molar-refractivity contribution in [3.63, 3.8) is 0 Å². The molecule has 6 nitrogen and oxygen atoms in total. The minimum absolute atomic E-state index is 0.698. The molecule has 0 amide bonds. The Hall–Kier alpha value is -3.28. The summed E-state index contributed by atoms with van der Waals surface area (Å²) in [6.45, 7) is 10.3. The van der Waals surface area contributed by atoms with Gasteiger partial charge in [0.1, 0.15) is 23.2 Å². The molecule has 0 aliphatic rings. The van der Waals surface area contributed by atoms with Crippen LogP contribution in [-0.4, -0.2) is 30.2 Å². The van der Waals surface area contributed by atoms with Gasteiger partial charge in [-0.15, -0.1) is 0 Å². The van der Waals surface area contributed by atoms with Crippen molar-refractivity contribution in [2.24, 2.45) is 0 Å². The van der Waals surface area contributed by atoms with Crippen LogP contribution < -0.4 is 20.3 Å². The van der Waals surface area contributed by atoms with E-state index in [9.17, 15) is 0 Å². The molecule has 0 saturated carbocycles. The second-order valence-electron chi connectivity index (χ2n) is 6.84. The zero-order chi connectivity index (χ0) is 20.8. The Morgan fingerprint density at radius 2 is 1.52 bits per heavy atom. The predicted octanol–water partition coefficient (Wildman–Crippen LogP) is 5.44. The van der Waals surface area contributed by atoms with Crippen molar-refractivity contribution in [1.82, 2.24) is 9.97 Å². The molecule has 6 heteroatoms. The largest absolute Gasteiger partial charge is 0.497 e. The van der Waals surface area contributed by atoms with Gasteiger partial charge in [0.25, 0.3) is 0 Å². The first kappa shape index (κ1) is 20.5. The fourth-order valence-corrected chi connectivity index (χ4v) is 3.23. The summed E-state index contributed by atoms with van der Waals surface area (Å²) >= 11 is 0. The molecular formula is C23H29N5O. The smallest absolute Gasteiger partial charge is 0.136 e. The average molecular weight is 392 g/mol. The van der Waals surface area contributed by atoms with Gasteiger partial charge in [-0.25, -0.2) is 9.97 Å². The van der Waals surface area contributed by atoms with Crippen LogP contribution in [0.2, 0.25) is 0 Å². The topological polar surface area (TPSA) is 62.3 Å². The summed E-state index contributed by atoms with van der Waals surface area (Å²) in [5, 5.41) is 6.75. The number of nitrogens with zero attached hydrogens (tertiary/aromatic N) is 3. The molecular weight excluding hydrogens is 362 g/mol. The minimum atomic E-state index is 0.698. The van der Waals surface area contributed by atoms with Crippen molar-refractivity contribution in [1.29, 1.82) is 0 Å². The lowest BCUT2D eigenvalue weighted by Gasteiger charge is -2.22. The van der Waals surface area contributed by atoms with E-state index in [4.69, 9.17) is 4.74 Å². The highest BCUT2D eigenvalue weighted by atomic mass is 16.5. The summed E-state index contributed by atoms with van der Waals surface area (Å²) in [6, 6.07) is 16.1. The van der Waals surface area contributed by atoms with Crippen molar-refractivity contribution < 1.29 is 4.74 Å². The van der Waals surface area contributed by atoms with E-state index in [0.717, 1.165) is 41.8 Å². The minimum Gasteiger partial charge on any atom is -0.497 e. The summed E-state index contributed by atoms with van der Waals surface area (Å²) in [5.74, 6) is 3.01. The molecule has 0 radical (unpaired) electrons. The van der Waals surface area contributed by atoms with Gasteiger partial charge in [-0.1, -0.05) is 0 Å². The zero-order valence-corrected chi connectivity index (χ0v) is 17.8. The molecule has 0 aliphatic heterocycles. The van der Waals surface area contributed by atoms with Crippen LogP contribution in [0, 0.1) is 13.8 Å². The molecule has 1 heterocycles. The maximum Gasteiger partial charge on any atom is 0.136 e. The standard InChI is InChI=1S/C23H29N5O/c1-6-28(7-2)19-10-13-21(16(3)14-19)27-23-15-22(24-17(4)25-23)26-18-8-11-20(29-5)12-9-18/h8-15H,6-7H2,1-5H3,(H2,24,25,26,27). The summed E-state index contributed by atoms with van der Waals surface area (Å²) in [4.78, 5) is 11.4. The van der Waals surface area contributed by atoms with Gasteiger partial charge >= 0.3 is 0 Å². The third kappa shape index (κ3) is 5.16. The lowest BCUT2D eigenvalue weighted by molar-refractivity contribution is 0.415. The molecule has 0 atom stereocenters. The number of aromatic nitrogens is 2. The summed E-state index contributed by atoms with van der Waals surface area (Å²) in [7, 11) is 1.66. The molecule has 3 aromatic rings. The fourth-order valence-electron chi connectivity index (χ4n) is 3.23. The third-order valence-electron chi connectivity index (χ3n) is 4.80. The maximum absolute atomic E-state index is 5.21. The van der Waals surface area contributed by atoms with Gasteiger partial charge in [-0.2, -0.15) is 0 Å². The van der Waals surface area contributed by atoms with Gasteiger partial charge in [0, 0.05) is 36.2 Å². The molecule has 2 aromatic carbocycles. The van der Waals surface area contributed by atoms with E-state index < -0.39 is 0 Å². The number of nitrogens with one attached hydrogen (secondary N) is 2. The molecule has 0 saturated heterocycles. The molecule has 29 heavy (non-hydrogen) atoms. The molecule has 0 unspecified atom stereocenters. The second-order valence-corrected chi connectivity index (χ2v) is 6.84. The van der Waals surface area contributed by atoms with Crippen LogP contribution in [0.1, 0.15) is 25.2 Å². The number of ether oxygens (including phenoxy) is 1. The second kappa shape index (κ2) is 9.28. The van der Waals surface area contributed by atoms with Crippen LogP contribution in [0.25, 0.3) is 0 Å². The van der Waals surface area contributed by atoms with Gasteiger partial charge in [0.2, 0.25) is 0 Å². The zero-order valence-electron chi connectivity index (χ0n) is 17.8. The van der Waals surface area contributed by atoms with E-state index in [1.54, 1.807) is 7.11 Å². The number of methoxy groups -OCH3 is 1. The SMILES string of the molecule is CCN(CC)c1ccc(Nc2cc(Nc3ccc(OC)cc3)nc(C)n2)c(C)c1. The lowest BCUT2D eigenvalue weighted by atomic mass is 10.1. The molecule has 0 aliphatic carbocycles. The van der Waals surface area contributed by atoms with E-state index in [-0.39, 0.29) is 0 Å². The van der Waals surface area contributed by atoms with E-state index in [2.05, 4.69) is 64.5 Å². The Kier molecular flexibility index (Phi) is 6.54. The molecule has 1 aromatic heterocycles. The van der Waals surface area contributed by atoms with Gasteiger partial charge in [-0.05, 0) is 75.7 Å². The van der Waals surface area contributed by atoms with Crippen molar-refractivity contribution in [2.45, 2.75) is 27.7 Å². The highest BCUT2D eigenvalue weighted by Gasteiger charge is 2.08. The van der Waals surface area contributed by atoms with Crippen LogP contribution in [0.5, 0.6) is 5.75 Å². The molecule has 0 spiro atoms. The monoisotopic (exact) mass is 391 g/mol. The molecule has 0 bridgehead atoms. The van der Waals surface area contributed by atoms with Crippen molar-refractivity contribution in [3.05, 3.63) is 59.9 Å². The normalized spacial score (nSPS) is 10.5. The van der Waals surface area contributed by atoms with Crippen LogP contribution in [0.4, 0.5) is 28.7 Å². The number of hydrogen-bond donors (Lipinski definition) is 2. The van der Waals surface area contributed by atoms with E-state index >= 15 is 0 Å². The Bertz CT molecular complexity index is 952. The highest BCUT2D eigenvalue weighted by Crippen LogP contribution is 2.26. The predicted molar refractivity (Wildman–Crippen MR) is 121 cm³/mol. The van der Waals surface area contributed by atoms with Crippen molar-refractivity contribution in [2.75, 3.05) is 35.7 Å². The van der Waals surface area contributed by atoms with Crippen molar-refractivity contribution >= 4 is 28.7 Å². The van der Waals surface area contributed by atoms with Crippen LogP contribution >= 0.6 is 0 Å². The average Bonchev–Trinajstić information content (AvgIpc) is 2.71. The maximum atomic E-state index is 5.21. The van der Waals surface area contributed by atoms with Crippen LogP contribution in [0.3, 0.4) is 0 Å². The third-order valence-corrected chi connectivity index (χ3v) is 4.80. The highest BCUT2D eigenvalue weighted by molar-refractivity contribution is 5.68. The van der Waals surface area contributed by atoms with Crippen LogP contribution in [-0.2, 0) is 0 Å². The number of aryl methyl sites for hydroxylation is 2. The quantitative estimate of drug-likeness (QED) is 0.533. The Morgan fingerprint density at radius 3 is 2.10 bits per heavy atom. The summed E-state index contributed by atoms with van der Waals surface area (Å²) in [6.07, 6.45) is 0. The molecule has 2 N–H and O–H groups in total. The Labute approximate surface area is 173 Å². The Balaban J connectivity index is 1.79. The van der Waals surface area contributed by atoms with Gasteiger partial charge in [0.15, 0.2) is 0 Å². The molecule has 3 rings (SSSR count). The summed E-state index contributed by atoms with van der Waals surface area (Å²) < 4.78 is 5.21. The first-order valence-corrected chi connectivity index (χ1v) is 9.91. The molecule has 0 fully saturated rings. The van der Waals surface area contributed by atoms with Gasteiger partial charge in [-0.3, -0.25) is 0 Å². The van der Waals surface area contributed by atoms with Gasteiger partial charge < -0.3 is 20.3 Å². The van der Waals surface area contributed by atoms with Crippen molar-refractivity contribution in [3.8, 4) is 5.75 Å². The molecule has 152 valence electrons. The number of anilines is 5. The van der Waals surface area contributed by atoms with Gasteiger partial charge in [0.05, 0.1) is 7.11 Å². The number of benzene rings is 2. The fraction of sp³-hybridized carbons (Fsp3) is 0.304. The number of rotatable bonds is 8. The van der Waals surface area contributed by atoms with E-state index in [1.165, 1.54) is 11.3 Å². The van der Waals surface area contributed by atoms with E-state index in [1.807, 2.05) is 37.3 Å². The number of hydrogen-bond acceptors (Lipinski definition) is 6. The lowest BCUT2D eigenvalue weighted by Crippen LogP contribution is -2.21. The Morgan fingerprint density at radius 1 is 0.862 bits per heavy atom. The first-order valence-electron chi connectivity index (χ1n) is 9.91. The summed E-state index contributed by atoms with van der Waals surface area (Å²) in [5.41, 5.74) is 4.39.